The summed E-state index contributed by atoms with van der Waals surface area (Å²) in [5, 5.41) is 2.93. The standard InChI is InChI=1S/C27H35N5O2/c33-26-22-13-2-3-15-24(22)32(25-23(29-26)14-10-16-28-25)27(34)31-20-9-5-12-21(31)11-4-8-19-30-17-6-1-7-18-30/h2-3,10,13-16,21H,1,4-9,11-12,17-20H2,(H,29,33). The summed E-state index contributed by atoms with van der Waals surface area (Å²) in [6.45, 7) is 4.40. The van der Waals surface area contributed by atoms with Gasteiger partial charge in [0, 0.05) is 18.8 Å². The Labute approximate surface area is 202 Å². The van der Waals surface area contributed by atoms with Gasteiger partial charge in [0.05, 0.1) is 16.9 Å². The molecular weight excluding hydrogens is 426 g/mol. The van der Waals surface area contributed by atoms with Gasteiger partial charge in [-0.15, -0.1) is 0 Å². The number of pyridine rings is 1. The van der Waals surface area contributed by atoms with Crippen molar-refractivity contribution in [2.45, 2.75) is 63.8 Å². The molecule has 5 rings (SSSR count). The molecule has 180 valence electrons. The first-order chi connectivity index (χ1) is 16.7. The lowest BCUT2D eigenvalue weighted by Crippen LogP contribution is -2.49. The minimum absolute atomic E-state index is 0.0790. The van der Waals surface area contributed by atoms with Gasteiger partial charge in [0.1, 0.15) is 0 Å². The van der Waals surface area contributed by atoms with Crippen LogP contribution in [0.1, 0.15) is 68.1 Å². The van der Waals surface area contributed by atoms with E-state index in [0.29, 0.717) is 22.8 Å². The van der Waals surface area contributed by atoms with E-state index < -0.39 is 0 Å². The summed E-state index contributed by atoms with van der Waals surface area (Å²) in [5.74, 6) is 0.272. The molecular formula is C27H35N5O2. The first kappa shape index (κ1) is 22.8. The highest BCUT2D eigenvalue weighted by atomic mass is 16.2. The minimum atomic E-state index is -0.215. The summed E-state index contributed by atoms with van der Waals surface area (Å²) < 4.78 is 0. The zero-order valence-electron chi connectivity index (χ0n) is 19.9. The highest BCUT2D eigenvalue weighted by Gasteiger charge is 2.36. The van der Waals surface area contributed by atoms with Gasteiger partial charge in [0.15, 0.2) is 5.82 Å². The van der Waals surface area contributed by atoms with Gasteiger partial charge < -0.3 is 15.1 Å². The number of nitrogens with zero attached hydrogens (tertiary/aromatic N) is 4. The molecule has 2 saturated heterocycles. The number of unbranched alkanes of at least 4 members (excludes halogenated alkanes) is 1. The van der Waals surface area contributed by atoms with Crippen molar-refractivity contribution in [1.29, 1.82) is 0 Å². The maximum atomic E-state index is 14.1. The largest absolute Gasteiger partial charge is 0.330 e. The lowest BCUT2D eigenvalue weighted by Gasteiger charge is -2.39. The first-order valence-corrected chi connectivity index (χ1v) is 12.9. The van der Waals surface area contributed by atoms with Crippen molar-refractivity contribution < 1.29 is 9.59 Å². The molecule has 0 spiro atoms. The van der Waals surface area contributed by atoms with Crippen molar-refractivity contribution in [2.24, 2.45) is 0 Å². The maximum Gasteiger partial charge on any atom is 0.330 e. The van der Waals surface area contributed by atoms with Gasteiger partial charge in [0.25, 0.3) is 5.91 Å². The van der Waals surface area contributed by atoms with Gasteiger partial charge in [0.2, 0.25) is 0 Å². The summed E-state index contributed by atoms with van der Waals surface area (Å²) in [7, 11) is 0. The third-order valence-corrected chi connectivity index (χ3v) is 7.41. The molecule has 1 unspecified atom stereocenters. The lowest BCUT2D eigenvalue weighted by molar-refractivity contribution is 0.102. The monoisotopic (exact) mass is 461 g/mol. The van der Waals surface area contributed by atoms with Gasteiger partial charge >= 0.3 is 6.03 Å². The van der Waals surface area contributed by atoms with Gasteiger partial charge in [-0.2, -0.15) is 0 Å². The SMILES string of the molecule is O=C1Nc2cccnc2N(C(=O)N2CCCCC2CCCCN2CCCCC2)c2ccccc21. The van der Waals surface area contributed by atoms with Crippen molar-refractivity contribution in [3.8, 4) is 0 Å². The summed E-state index contributed by atoms with van der Waals surface area (Å²) in [4.78, 5) is 37.8. The fourth-order valence-electron chi connectivity index (χ4n) is 5.61. The Morgan fingerprint density at radius 2 is 1.79 bits per heavy atom. The van der Waals surface area contributed by atoms with Crippen LogP contribution in [0.2, 0.25) is 0 Å². The van der Waals surface area contributed by atoms with Crippen LogP contribution in [-0.2, 0) is 0 Å². The Hall–Kier alpha value is -2.93. The second-order valence-electron chi connectivity index (χ2n) is 9.70. The second-order valence-corrected chi connectivity index (χ2v) is 9.70. The molecule has 1 aromatic carbocycles. The van der Waals surface area contributed by atoms with E-state index in [1.54, 1.807) is 29.3 Å². The number of carbonyl (C=O) groups is 2. The number of piperidine rings is 2. The molecule has 0 bridgehead atoms. The lowest BCUT2D eigenvalue weighted by atomic mass is 9.97. The number of para-hydroxylation sites is 1. The molecule has 1 N–H and O–H groups in total. The number of likely N-dealkylation sites (tertiary alicyclic amines) is 2. The number of hydrogen-bond acceptors (Lipinski definition) is 4. The average molecular weight is 462 g/mol. The Kier molecular flexibility index (Phi) is 7.09. The quantitative estimate of drug-likeness (QED) is 0.604. The molecule has 3 aliphatic heterocycles. The van der Waals surface area contributed by atoms with Crippen molar-refractivity contribution in [3.63, 3.8) is 0 Å². The molecule has 2 aromatic rings. The number of rotatable bonds is 5. The fourth-order valence-corrected chi connectivity index (χ4v) is 5.61. The molecule has 7 nitrogen and oxygen atoms in total. The molecule has 3 aliphatic rings. The van der Waals surface area contributed by atoms with Crippen LogP contribution in [-0.4, -0.2) is 58.9 Å². The van der Waals surface area contributed by atoms with Crippen LogP contribution in [0, 0.1) is 0 Å². The number of urea groups is 1. The molecule has 34 heavy (non-hydrogen) atoms. The van der Waals surface area contributed by atoms with E-state index in [2.05, 4.69) is 15.2 Å². The van der Waals surface area contributed by atoms with Crippen molar-refractivity contribution in [1.82, 2.24) is 14.8 Å². The number of hydrogen-bond donors (Lipinski definition) is 1. The average Bonchev–Trinajstić information content (AvgIpc) is 3.01. The zero-order chi connectivity index (χ0) is 23.3. The Bertz CT molecular complexity index is 1020. The van der Waals surface area contributed by atoms with E-state index in [4.69, 9.17) is 0 Å². The van der Waals surface area contributed by atoms with Gasteiger partial charge in [-0.3, -0.25) is 4.79 Å². The van der Waals surface area contributed by atoms with Crippen LogP contribution >= 0.6 is 0 Å². The molecule has 0 saturated carbocycles. The molecule has 1 atom stereocenters. The summed E-state index contributed by atoms with van der Waals surface area (Å²) in [6.07, 6.45) is 12.3. The molecule has 3 amide bonds. The number of fused-ring (bicyclic) bond motifs is 2. The van der Waals surface area contributed by atoms with Crippen LogP contribution in [0.4, 0.5) is 22.0 Å². The number of aromatic nitrogens is 1. The minimum Gasteiger partial charge on any atom is -0.321 e. The second kappa shape index (κ2) is 10.6. The summed E-state index contributed by atoms with van der Waals surface area (Å²) >= 11 is 0. The van der Waals surface area contributed by atoms with Crippen LogP contribution in [0.25, 0.3) is 0 Å². The Balaban J connectivity index is 1.34. The first-order valence-electron chi connectivity index (χ1n) is 12.9. The highest BCUT2D eigenvalue weighted by molar-refractivity contribution is 6.16. The summed E-state index contributed by atoms with van der Waals surface area (Å²) in [5.41, 5.74) is 1.65. The van der Waals surface area contributed by atoms with Crippen LogP contribution in [0.3, 0.4) is 0 Å². The smallest absolute Gasteiger partial charge is 0.321 e. The van der Waals surface area contributed by atoms with E-state index >= 15 is 0 Å². The molecule has 1 aromatic heterocycles. The third-order valence-electron chi connectivity index (χ3n) is 7.41. The Morgan fingerprint density at radius 3 is 2.68 bits per heavy atom. The van der Waals surface area contributed by atoms with Crippen molar-refractivity contribution in [3.05, 3.63) is 48.2 Å². The molecule has 7 heteroatoms. The van der Waals surface area contributed by atoms with Crippen molar-refractivity contribution >= 4 is 29.1 Å². The maximum absolute atomic E-state index is 14.1. The highest BCUT2D eigenvalue weighted by Crippen LogP contribution is 2.38. The number of amides is 3. The topological polar surface area (TPSA) is 68.8 Å². The van der Waals surface area contributed by atoms with E-state index in [1.165, 1.54) is 45.3 Å². The van der Waals surface area contributed by atoms with E-state index in [-0.39, 0.29) is 18.0 Å². The van der Waals surface area contributed by atoms with E-state index in [0.717, 1.165) is 38.6 Å². The number of nitrogens with one attached hydrogen (secondary N) is 1. The van der Waals surface area contributed by atoms with Crippen LogP contribution < -0.4 is 10.2 Å². The molecule has 2 fully saturated rings. The summed E-state index contributed by atoms with van der Waals surface area (Å²) in [6, 6.07) is 11.0. The number of anilines is 3. The van der Waals surface area contributed by atoms with Gasteiger partial charge in [-0.05, 0) is 88.8 Å². The number of benzene rings is 1. The zero-order valence-corrected chi connectivity index (χ0v) is 19.9. The van der Waals surface area contributed by atoms with E-state index in [1.807, 2.05) is 23.1 Å². The molecule has 4 heterocycles. The van der Waals surface area contributed by atoms with Crippen LogP contribution in [0.15, 0.2) is 42.6 Å². The predicted octanol–water partition coefficient (Wildman–Crippen LogP) is 5.42. The van der Waals surface area contributed by atoms with Gasteiger partial charge in [-0.1, -0.05) is 25.0 Å². The fraction of sp³-hybridized carbons (Fsp3) is 0.519. The number of carbonyl (C=O) groups excluding carboxylic acids is 2. The molecule has 0 aliphatic carbocycles. The molecule has 0 radical (unpaired) electrons. The van der Waals surface area contributed by atoms with Crippen LogP contribution in [0.5, 0.6) is 0 Å². The normalized spacial score (nSPS) is 20.8. The van der Waals surface area contributed by atoms with Gasteiger partial charge in [-0.25, -0.2) is 14.7 Å². The third kappa shape index (κ3) is 4.80. The predicted molar refractivity (Wildman–Crippen MR) is 135 cm³/mol. The Morgan fingerprint density at radius 1 is 0.971 bits per heavy atom. The van der Waals surface area contributed by atoms with E-state index in [9.17, 15) is 9.59 Å². The van der Waals surface area contributed by atoms with Crippen molar-refractivity contribution in [2.75, 3.05) is 36.4 Å².